The fourth-order valence-electron chi connectivity index (χ4n) is 2.08. The lowest BCUT2D eigenvalue weighted by Crippen LogP contribution is -2.36. The Hall–Kier alpha value is -2.20. The number of ketones is 1. The molecule has 0 aliphatic heterocycles. The van der Waals surface area contributed by atoms with Crippen molar-refractivity contribution >= 4 is 27.2 Å². The summed E-state index contributed by atoms with van der Waals surface area (Å²) in [4.78, 5) is 12.2. The van der Waals surface area contributed by atoms with Crippen LogP contribution in [-0.4, -0.2) is 12.9 Å². The minimum absolute atomic E-state index is 0.0913. The molecule has 0 unspecified atom stereocenters. The summed E-state index contributed by atoms with van der Waals surface area (Å²) in [6, 6.07) is 11.3. The Morgan fingerprint density at radius 1 is 1.20 bits per heavy atom. The van der Waals surface area contributed by atoms with Gasteiger partial charge < -0.3 is 4.74 Å². The van der Waals surface area contributed by atoms with Gasteiger partial charge in [-0.05, 0) is 35.7 Å². The molecule has 3 rings (SSSR count). The lowest BCUT2D eigenvalue weighted by atomic mass is 10.1. The zero-order valence-electron chi connectivity index (χ0n) is 11.1. The number of fused-ring (bicyclic) bond motifs is 1. The van der Waals surface area contributed by atoms with Gasteiger partial charge in [0.1, 0.15) is 5.75 Å². The molecule has 3 aromatic rings. The average molecular weight is 284 g/mol. The van der Waals surface area contributed by atoms with Gasteiger partial charge in [-0.3, -0.25) is 4.79 Å². The normalized spacial score (nSPS) is 10.7. The molecule has 0 spiro atoms. The Balaban J connectivity index is 1.80. The molecule has 2 heterocycles. The van der Waals surface area contributed by atoms with E-state index in [-0.39, 0.29) is 5.78 Å². The molecule has 0 aliphatic rings. The largest absolute Gasteiger partial charge is 0.497 e. The SMILES string of the molecule is COc1ccc(C(=O)C[n+]2ccc3ccsc3c2)cc1. The zero-order valence-corrected chi connectivity index (χ0v) is 11.9. The van der Waals surface area contributed by atoms with Gasteiger partial charge in [0.25, 0.3) is 0 Å². The van der Waals surface area contributed by atoms with E-state index in [4.69, 9.17) is 4.74 Å². The number of thiophene rings is 1. The lowest BCUT2D eigenvalue weighted by Gasteiger charge is -2.01. The first-order chi connectivity index (χ1) is 9.76. The summed E-state index contributed by atoms with van der Waals surface area (Å²) in [5.41, 5.74) is 0.699. The topological polar surface area (TPSA) is 30.2 Å². The van der Waals surface area contributed by atoms with Crippen molar-refractivity contribution in [2.45, 2.75) is 6.54 Å². The molecule has 0 N–H and O–H groups in total. The molecule has 4 heteroatoms. The summed E-state index contributed by atoms with van der Waals surface area (Å²) in [6.45, 7) is 0.347. The van der Waals surface area contributed by atoms with Gasteiger partial charge in [-0.1, -0.05) is 0 Å². The number of hydrogen-bond donors (Lipinski definition) is 0. The summed E-state index contributed by atoms with van der Waals surface area (Å²) < 4.78 is 8.20. The third kappa shape index (κ3) is 2.56. The molecule has 0 atom stereocenters. The molecule has 2 aromatic heterocycles. The second-order valence-electron chi connectivity index (χ2n) is 4.51. The fraction of sp³-hybridized carbons (Fsp3) is 0.125. The molecule has 100 valence electrons. The first-order valence-corrected chi connectivity index (χ1v) is 7.18. The van der Waals surface area contributed by atoms with Crippen LogP contribution in [0.5, 0.6) is 5.75 Å². The van der Waals surface area contributed by atoms with Crippen LogP contribution in [-0.2, 0) is 6.54 Å². The second-order valence-corrected chi connectivity index (χ2v) is 5.46. The van der Waals surface area contributed by atoms with Gasteiger partial charge in [0.2, 0.25) is 12.3 Å². The Bertz CT molecular complexity index is 747. The molecule has 0 saturated carbocycles. The van der Waals surface area contributed by atoms with Crippen molar-refractivity contribution in [1.29, 1.82) is 0 Å². The molecule has 3 nitrogen and oxygen atoms in total. The Labute approximate surface area is 121 Å². The molecule has 0 fully saturated rings. The summed E-state index contributed by atoms with van der Waals surface area (Å²) in [6.07, 6.45) is 3.96. The predicted octanol–water partition coefficient (Wildman–Crippen LogP) is 3.08. The number of carbonyl (C=O) groups excluding carboxylic acids is 1. The van der Waals surface area contributed by atoms with Crippen LogP contribution in [0.4, 0.5) is 0 Å². The van der Waals surface area contributed by atoms with Gasteiger partial charge in [-0.25, -0.2) is 0 Å². The van der Waals surface area contributed by atoms with Crippen molar-refractivity contribution < 1.29 is 14.1 Å². The van der Waals surface area contributed by atoms with Crippen molar-refractivity contribution in [3.63, 3.8) is 0 Å². The van der Waals surface area contributed by atoms with Gasteiger partial charge >= 0.3 is 0 Å². The Morgan fingerprint density at radius 2 is 2.00 bits per heavy atom. The molecule has 0 bridgehead atoms. The highest BCUT2D eigenvalue weighted by Crippen LogP contribution is 2.17. The van der Waals surface area contributed by atoms with Crippen LogP contribution in [0.3, 0.4) is 0 Å². The molecule has 0 saturated heterocycles. The zero-order chi connectivity index (χ0) is 13.9. The lowest BCUT2D eigenvalue weighted by molar-refractivity contribution is -0.681. The molecular formula is C16H14NO2S+. The van der Waals surface area contributed by atoms with Crippen LogP contribution < -0.4 is 9.30 Å². The van der Waals surface area contributed by atoms with Crippen LogP contribution in [0.2, 0.25) is 0 Å². The van der Waals surface area contributed by atoms with E-state index in [0.29, 0.717) is 12.1 Å². The first kappa shape index (κ1) is 12.8. The van der Waals surface area contributed by atoms with Gasteiger partial charge in [0, 0.05) is 17.0 Å². The van der Waals surface area contributed by atoms with Gasteiger partial charge in [-0.2, -0.15) is 4.57 Å². The van der Waals surface area contributed by atoms with Gasteiger partial charge in [0.05, 0.1) is 11.8 Å². The van der Waals surface area contributed by atoms with E-state index in [2.05, 4.69) is 11.4 Å². The molecule has 0 amide bonds. The third-order valence-electron chi connectivity index (χ3n) is 3.19. The van der Waals surface area contributed by atoms with Crippen molar-refractivity contribution in [3.05, 3.63) is 59.7 Å². The number of carbonyl (C=O) groups is 1. The maximum Gasteiger partial charge on any atom is 0.227 e. The van der Waals surface area contributed by atoms with Crippen molar-refractivity contribution in [2.24, 2.45) is 0 Å². The number of aromatic nitrogens is 1. The van der Waals surface area contributed by atoms with E-state index in [1.807, 2.05) is 23.0 Å². The molecule has 20 heavy (non-hydrogen) atoms. The van der Waals surface area contributed by atoms with Gasteiger partial charge in [0.15, 0.2) is 12.4 Å². The Morgan fingerprint density at radius 3 is 2.75 bits per heavy atom. The van der Waals surface area contributed by atoms with Crippen molar-refractivity contribution in [3.8, 4) is 5.75 Å². The summed E-state index contributed by atoms with van der Waals surface area (Å²) in [5, 5.41) is 3.27. The number of Topliss-reactive ketones (excluding diaryl/α,β-unsaturated/α-hetero) is 1. The molecule has 1 aromatic carbocycles. The van der Waals surface area contributed by atoms with E-state index in [1.54, 1.807) is 42.7 Å². The van der Waals surface area contributed by atoms with Crippen LogP contribution in [0.15, 0.2) is 54.2 Å². The van der Waals surface area contributed by atoms with Crippen LogP contribution in [0.25, 0.3) is 10.1 Å². The number of rotatable bonds is 4. The maximum absolute atomic E-state index is 12.2. The highest BCUT2D eigenvalue weighted by molar-refractivity contribution is 7.17. The number of hydrogen-bond acceptors (Lipinski definition) is 3. The smallest absolute Gasteiger partial charge is 0.227 e. The van der Waals surface area contributed by atoms with Crippen molar-refractivity contribution in [2.75, 3.05) is 7.11 Å². The number of methoxy groups -OCH3 is 1. The highest BCUT2D eigenvalue weighted by Gasteiger charge is 2.13. The minimum atomic E-state index is 0.0913. The Kier molecular flexibility index (Phi) is 3.48. The predicted molar refractivity (Wildman–Crippen MR) is 79.3 cm³/mol. The standard InChI is InChI=1S/C16H14NO2S/c1-19-14-4-2-12(3-5-14)15(18)10-17-8-6-13-7-9-20-16(13)11-17/h2-9,11H,10H2,1H3/q+1. The summed E-state index contributed by atoms with van der Waals surface area (Å²) in [7, 11) is 1.61. The van der Waals surface area contributed by atoms with E-state index in [0.717, 1.165) is 5.75 Å². The summed E-state index contributed by atoms with van der Waals surface area (Å²) >= 11 is 1.68. The van der Waals surface area contributed by atoms with Gasteiger partial charge in [-0.15, -0.1) is 11.3 Å². The molecule has 0 radical (unpaired) electrons. The second kappa shape index (κ2) is 5.43. The van der Waals surface area contributed by atoms with E-state index >= 15 is 0 Å². The quantitative estimate of drug-likeness (QED) is 0.544. The van der Waals surface area contributed by atoms with Crippen LogP contribution >= 0.6 is 11.3 Å². The molecular weight excluding hydrogens is 270 g/mol. The summed E-state index contributed by atoms with van der Waals surface area (Å²) in [5.74, 6) is 0.850. The van der Waals surface area contributed by atoms with E-state index in [9.17, 15) is 4.79 Å². The maximum atomic E-state index is 12.2. The van der Waals surface area contributed by atoms with Crippen LogP contribution in [0.1, 0.15) is 10.4 Å². The number of ether oxygens (including phenoxy) is 1. The minimum Gasteiger partial charge on any atom is -0.497 e. The molecule has 0 aliphatic carbocycles. The fourth-order valence-corrected chi connectivity index (χ4v) is 2.91. The number of pyridine rings is 1. The highest BCUT2D eigenvalue weighted by atomic mass is 32.1. The first-order valence-electron chi connectivity index (χ1n) is 6.30. The average Bonchev–Trinajstić information content (AvgIpc) is 2.95. The third-order valence-corrected chi connectivity index (χ3v) is 4.06. The number of benzene rings is 1. The van der Waals surface area contributed by atoms with E-state index < -0.39 is 0 Å². The monoisotopic (exact) mass is 284 g/mol. The van der Waals surface area contributed by atoms with E-state index in [1.165, 1.54) is 10.1 Å². The van der Waals surface area contributed by atoms with Crippen LogP contribution in [0, 0.1) is 0 Å². The van der Waals surface area contributed by atoms with Crippen molar-refractivity contribution in [1.82, 2.24) is 0 Å². The number of nitrogens with zero attached hydrogens (tertiary/aromatic N) is 1.